The first-order valence-corrected chi connectivity index (χ1v) is 7.81. The van der Waals surface area contributed by atoms with Crippen molar-refractivity contribution in [3.05, 3.63) is 53.1 Å². The number of nitrogens with zero attached hydrogens (tertiary/aromatic N) is 1. The van der Waals surface area contributed by atoms with Crippen LogP contribution in [0.1, 0.15) is 19.4 Å². The zero-order valence-corrected chi connectivity index (χ0v) is 13.0. The van der Waals surface area contributed by atoms with E-state index in [1.807, 2.05) is 31.2 Å². The smallest absolute Gasteiger partial charge is 0.238 e. The number of carbonyl (C=O) groups is 2. The second-order valence-corrected chi connectivity index (χ2v) is 6.79. The van der Waals surface area contributed by atoms with E-state index in [1.54, 1.807) is 0 Å². The molecule has 4 rings (SSSR count). The van der Waals surface area contributed by atoms with Gasteiger partial charge in [-0.25, -0.2) is 4.90 Å². The number of hydrogen-bond donors (Lipinski definition) is 0. The standard InChI is InChI=1S/C19H19NO2/c1-10(2)15-13-7-8-14(15)17-16(13)18(21)20(19(17)22)12-6-4-5-11(3)9-12/h4-9,13-14,16-17H,1-3H3/t13-,14-,16-,17-/m1/s1. The normalized spacial score (nSPS) is 32.1. The molecule has 2 bridgehead atoms. The van der Waals surface area contributed by atoms with E-state index in [0.717, 1.165) is 5.56 Å². The predicted octanol–water partition coefficient (Wildman–Crippen LogP) is 3.25. The summed E-state index contributed by atoms with van der Waals surface area (Å²) >= 11 is 0. The van der Waals surface area contributed by atoms with E-state index in [1.165, 1.54) is 16.0 Å². The molecule has 2 aliphatic carbocycles. The maximum absolute atomic E-state index is 12.9. The van der Waals surface area contributed by atoms with E-state index >= 15 is 0 Å². The minimum Gasteiger partial charge on any atom is -0.274 e. The van der Waals surface area contributed by atoms with Crippen LogP contribution in [0, 0.1) is 30.6 Å². The van der Waals surface area contributed by atoms with Crippen molar-refractivity contribution in [1.29, 1.82) is 0 Å². The van der Waals surface area contributed by atoms with Gasteiger partial charge in [-0.3, -0.25) is 9.59 Å². The average Bonchev–Trinajstić information content (AvgIpc) is 3.09. The first kappa shape index (κ1) is 13.5. The van der Waals surface area contributed by atoms with Gasteiger partial charge in [-0.2, -0.15) is 0 Å². The first-order valence-electron chi connectivity index (χ1n) is 7.81. The fourth-order valence-corrected chi connectivity index (χ4v) is 4.45. The van der Waals surface area contributed by atoms with E-state index in [-0.39, 0.29) is 35.5 Å². The van der Waals surface area contributed by atoms with Crippen LogP contribution >= 0.6 is 0 Å². The summed E-state index contributed by atoms with van der Waals surface area (Å²) in [6.45, 7) is 6.13. The minimum absolute atomic E-state index is 0.0313. The number of amides is 2. The average molecular weight is 293 g/mol. The van der Waals surface area contributed by atoms with Crippen LogP contribution in [0.5, 0.6) is 0 Å². The Morgan fingerprint density at radius 1 is 1.00 bits per heavy atom. The third-order valence-electron chi connectivity index (χ3n) is 5.25. The molecule has 2 amide bonds. The molecular formula is C19H19NO2. The van der Waals surface area contributed by atoms with Crippen LogP contribution in [0.3, 0.4) is 0 Å². The monoisotopic (exact) mass is 293 g/mol. The van der Waals surface area contributed by atoms with Crippen molar-refractivity contribution in [2.75, 3.05) is 4.90 Å². The molecule has 2 fully saturated rings. The van der Waals surface area contributed by atoms with E-state index in [4.69, 9.17) is 0 Å². The molecule has 0 spiro atoms. The number of benzene rings is 1. The number of hydrogen-bond acceptors (Lipinski definition) is 2. The molecule has 0 N–H and O–H groups in total. The van der Waals surface area contributed by atoms with E-state index in [9.17, 15) is 9.59 Å². The van der Waals surface area contributed by atoms with Crippen LogP contribution in [-0.4, -0.2) is 11.8 Å². The largest absolute Gasteiger partial charge is 0.274 e. The van der Waals surface area contributed by atoms with Gasteiger partial charge in [0.2, 0.25) is 11.8 Å². The third kappa shape index (κ3) is 1.57. The summed E-state index contributed by atoms with van der Waals surface area (Å²) in [6.07, 6.45) is 4.25. The van der Waals surface area contributed by atoms with Crippen molar-refractivity contribution in [2.24, 2.45) is 23.7 Å². The Bertz CT molecular complexity index is 720. The fourth-order valence-electron chi connectivity index (χ4n) is 4.45. The molecule has 1 saturated heterocycles. The summed E-state index contributed by atoms with van der Waals surface area (Å²) in [5, 5.41) is 0. The van der Waals surface area contributed by atoms with Gasteiger partial charge in [-0.05, 0) is 38.5 Å². The van der Waals surface area contributed by atoms with Crippen LogP contribution < -0.4 is 4.90 Å². The van der Waals surface area contributed by atoms with Gasteiger partial charge < -0.3 is 0 Å². The van der Waals surface area contributed by atoms with Crippen LogP contribution in [0.4, 0.5) is 5.69 Å². The van der Waals surface area contributed by atoms with Gasteiger partial charge in [0.25, 0.3) is 0 Å². The fraction of sp³-hybridized carbons (Fsp3) is 0.368. The summed E-state index contributed by atoms with van der Waals surface area (Å²) in [4.78, 5) is 27.2. The van der Waals surface area contributed by atoms with Gasteiger partial charge in [0.15, 0.2) is 0 Å². The zero-order chi connectivity index (χ0) is 15.6. The first-order chi connectivity index (χ1) is 10.5. The van der Waals surface area contributed by atoms with Gasteiger partial charge in [-0.1, -0.05) is 35.4 Å². The van der Waals surface area contributed by atoms with Crippen molar-refractivity contribution >= 4 is 17.5 Å². The topological polar surface area (TPSA) is 37.4 Å². The van der Waals surface area contributed by atoms with E-state index < -0.39 is 0 Å². The molecule has 1 saturated carbocycles. The molecule has 112 valence electrons. The quantitative estimate of drug-likeness (QED) is 0.589. The van der Waals surface area contributed by atoms with Gasteiger partial charge in [0.05, 0.1) is 17.5 Å². The van der Waals surface area contributed by atoms with Crippen molar-refractivity contribution in [2.45, 2.75) is 20.8 Å². The Labute approximate surface area is 130 Å². The number of anilines is 1. The van der Waals surface area contributed by atoms with E-state index in [2.05, 4.69) is 26.0 Å². The molecule has 1 heterocycles. The zero-order valence-electron chi connectivity index (χ0n) is 13.0. The Morgan fingerprint density at radius 3 is 2.09 bits per heavy atom. The van der Waals surface area contributed by atoms with Crippen LogP contribution in [0.2, 0.25) is 0 Å². The lowest BCUT2D eigenvalue weighted by Gasteiger charge is -2.19. The second kappa shape index (κ2) is 4.42. The molecule has 1 aliphatic heterocycles. The third-order valence-corrected chi connectivity index (χ3v) is 5.25. The molecule has 0 unspecified atom stereocenters. The summed E-state index contributed by atoms with van der Waals surface area (Å²) in [5.74, 6) is -0.231. The molecule has 0 radical (unpaired) electrons. The minimum atomic E-state index is -0.201. The maximum atomic E-state index is 12.9. The van der Waals surface area contributed by atoms with Crippen LogP contribution in [-0.2, 0) is 9.59 Å². The summed E-state index contributed by atoms with van der Waals surface area (Å²) in [7, 11) is 0. The highest BCUT2D eigenvalue weighted by atomic mass is 16.2. The van der Waals surface area contributed by atoms with Gasteiger partial charge >= 0.3 is 0 Å². The van der Waals surface area contributed by atoms with Gasteiger partial charge in [-0.15, -0.1) is 0 Å². The van der Waals surface area contributed by atoms with Gasteiger partial charge in [0.1, 0.15) is 0 Å². The van der Waals surface area contributed by atoms with Crippen molar-refractivity contribution in [1.82, 2.24) is 0 Å². The lowest BCUT2D eigenvalue weighted by molar-refractivity contribution is -0.122. The second-order valence-electron chi connectivity index (χ2n) is 6.79. The molecule has 0 aromatic heterocycles. The number of fused-ring (bicyclic) bond motifs is 5. The Balaban J connectivity index is 1.78. The molecule has 3 aliphatic rings. The number of imide groups is 1. The Hall–Kier alpha value is -2.16. The molecule has 3 heteroatoms. The number of carbonyl (C=O) groups excluding carboxylic acids is 2. The number of allylic oxidation sites excluding steroid dienone is 4. The lowest BCUT2D eigenvalue weighted by atomic mass is 9.85. The van der Waals surface area contributed by atoms with Crippen molar-refractivity contribution in [3.8, 4) is 0 Å². The van der Waals surface area contributed by atoms with Crippen molar-refractivity contribution < 1.29 is 9.59 Å². The summed E-state index contributed by atoms with van der Waals surface area (Å²) < 4.78 is 0. The Kier molecular flexibility index (Phi) is 2.71. The molecule has 3 nitrogen and oxygen atoms in total. The van der Waals surface area contributed by atoms with Crippen LogP contribution in [0.25, 0.3) is 0 Å². The maximum Gasteiger partial charge on any atom is 0.238 e. The lowest BCUT2D eigenvalue weighted by Crippen LogP contribution is -2.33. The molecule has 1 aromatic rings. The molecular weight excluding hydrogens is 274 g/mol. The highest BCUT2D eigenvalue weighted by molar-refractivity contribution is 6.23. The van der Waals surface area contributed by atoms with Crippen LogP contribution in [0.15, 0.2) is 47.6 Å². The van der Waals surface area contributed by atoms with Gasteiger partial charge in [0, 0.05) is 11.8 Å². The number of rotatable bonds is 1. The highest BCUT2D eigenvalue weighted by Crippen LogP contribution is 2.57. The summed E-state index contributed by atoms with van der Waals surface area (Å²) in [6, 6.07) is 7.63. The van der Waals surface area contributed by atoms with E-state index in [0.29, 0.717) is 5.69 Å². The molecule has 22 heavy (non-hydrogen) atoms. The number of aryl methyl sites for hydroxylation is 1. The van der Waals surface area contributed by atoms with Crippen molar-refractivity contribution in [3.63, 3.8) is 0 Å². The predicted molar refractivity (Wildman–Crippen MR) is 85.1 cm³/mol. The summed E-state index contributed by atoms with van der Waals surface area (Å²) in [5.41, 5.74) is 4.31. The molecule has 1 aromatic carbocycles. The Morgan fingerprint density at radius 2 is 1.59 bits per heavy atom. The molecule has 4 atom stereocenters. The SMILES string of the molecule is CC(C)=C1[C@H]2C=C[C@H]1[C@H]1C(=O)N(c3cccc(C)c3)C(=O)[C@@H]12. The highest BCUT2D eigenvalue weighted by Gasteiger charge is 2.61.